The van der Waals surface area contributed by atoms with E-state index in [9.17, 15) is 0 Å². The van der Waals surface area contributed by atoms with Gasteiger partial charge in [-0.15, -0.1) is 0 Å². The van der Waals surface area contributed by atoms with Crippen LogP contribution in [0, 0.1) is 0 Å². The number of para-hydroxylation sites is 1. The quantitative estimate of drug-likeness (QED) is 0.743. The molecule has 2 aromatic carbocycles. The maximum Gasteiger partial charge on any atom is 0.222 e. The van der Waals surface area contributed by atoms with Crippen molar-refractivity contribution in [1.29, 1.82) is 0 Å². The van der Waals surface area contributed by atoms with Crippen LogP contribution >= 0.6 is 23.4 Å². The molecule has 0 radical (unpaired) electrons. The second-order valence-corrected chi connectivity index (χ2v) is 5.58. The Labute approximate surface area is 121 Å². The SMILES string of the molecule is CCOC1=Nc2ccccc2Sc2ccc(Cl)cc21. The molecule has 1 heterocycles. The van der Waals surface area contributed by atoms with E-state index in [0.717, 1.165) is 21.0 Å². The minimum Gasteiger partial charge on any atom is -0.477 e. The molecule has 3 rings (SSSR count). The Kier molecular flexibility index (Phi) is 3.49. The number of ether oxygens (including phenoxy) is 1. The van der Waals surface area contributed by atoms with Gasteiger partial charge in [-0.1, -0.05) is 35.5 Å². The molecule has 0 amide bonds. The molecule has 4 heteroatoms. The van der Waals surface area contributed by atoms with Gasteiger partial charge < -0.3 is 4.74 Å². The van der Waals surface area contributed by atoms with Gasteiger partial charge in [-0.3, -0.25) is 0 Å². The monoisotopic (exact) mass is 289 g/mol. The van der Waals surface area contributed by atoms with E-state index in [1.54, 1.807) is 11.8 Å². The molecule has 0 unspecified atom stereocenters. The number of nitrogens with zero attached hydrogens (tertiary/aromatic N) is 1. The maximum atomic E-state index is 6.09. The molecule has 0 saturated carbocycles. The Morgan fingerprint density at radius 1 is 1.16 bits per heavy atom. The predicted molar refractivity (Wildman–Crippen MR) is 79.8 cm³/mol. The molecule has 0 fully saturated rings. The average molecular weight is 290 g/mol. The van der Waals surface area contributed by atoms with Gasteiger partial charge in [-0.25, -0.2) is 4.99 Å². The van der Waals surface area contributed by atoms with E-state index in [2.05, 4.69) is 11.1 Å². The van der Waals surface area contributed by atoms with Crippen LogP contribution < -0.4 is 0 Å². The first-order chi connectivity index (χ1) is 9.28. The molecule has 1 aliphatic heterocycles. The molecule has 0 N–H and O–H groups in total. The van der Waals surface area contributed by atoms with Crippen molar-refractivity contribution in [3.63, 3.8) is 0 Å². The van der Waals surface area contributed by atoms with Crippen molar-refractivity contribution in [3.05, 3.63) is 53.1 Å². The third kappa shape index (κ3) is 2.48. The molecule has 0 aliphatic carbocycles. The van der Waals surface area contributed by atoms with Crippen molar-refractivity contribution in [2.75, 3.05) is 6.61 Å². The van der Waals surface area contributed by atoms with Gasteiger partial charge in [0.15, 0.2) is 0 Å². The van der Waals surface area contributed by atoms with Crippen LogP contribution in [0.5, 0.6) is 0 Å². The van der Waals surface area contributed by atoms with Crippen LogP contribution in [0.4, 0.5) is 5.69 Å². The van der Waals surface area contributed by atoms with Gasteiger partial charge in [0, 0.05) is 14.8 Å². The normalized spacial score (nSPS) is 13.1. The van der Waals surface area contributed by atoms with Crippen molar-refractivity contribution in [1.82, 2.24) is 0 Å². The number of aliphatic imine (C=N–C) groups is 1. The summed E-state index contributed by atoms with van der Waals surface area (Å²) in [6, 6.07) is 13.9. The first-order valence-electron chi connectivity index (χ1n) is 6.06. The predicted octanol–water partition coefficient (Wildman–Crippen LogP) is 4.92. The first kappa shape index (κ1) is 12.6. The highest BCUT2D eigenvalue weighted by molar-refractivity contribution is 7.99. The molecule has 0 bridgehead atoms. The zero-order chi connectivity index (χ0) is 13.2. The fourth-order valence-corrected chi connectivity index (χ4v) is 3.10. The van der Waals surface area contributed by atoms with E-state index in [1.807, 2.05) is 43.3 Å². The second kappa shape index (κ2) is 5.27. The van der Waals surface area contributed by atoms with Crippen molar-refractivity contribution in [2.45, 2.75) is 16.7 Å². The zero-order valence-electron chi connectivity index (χ0n) is 10.4. The molecule has 0 saturated heterocycles. The average Bonchev–Trinajstić information content (AvgIpc) is 2.56. The van der Waals surface area contributed by atoms with E-state index >= 15 is 0 Å². The smallest absolute Gasteiger partial charge is 0.222 e. The molecule has 0 spiro atoms. The second-order valence-electron chi connectivity index (χ2n) is 4.06. The number of rotatable bonds is 1. The summed E-state index contributed by atoms with van der Waals surface area (Å²) in [5, 5.41) is 0.692. The summed E-state index contributed by atoms with van der Waals surface area (Å²) in [7, 11) is 0. The topological polar surface area (TPSA) is 21.6 Å². The largest absolute Gasteiger partial charge is 0.477 e. The van der Waals surface area contributed by atoms with Gasteiger partial charge >= 0.3 is 0 Å². The lowest BCUT2D eigenvalue weighted by Gasteiger charge is -2.09. The summed E-state index contributed by atoms with van der Waals surface area (Å²) in [6.45, 7) is 2.54. The van der Waals surface area contributed by atoms with E-state index in [-0.39, 0.29) is 0 Å². The van der Waals surface area contributed by atoms with Gasteiger partial charge in [-0.2, -0.15) is 0 Å². The highest BCUT2D eigenvalue weighted by Gasteiger charge is 2.18. The standard InChI is InChI=1S/C15H12ClNOS/c1-2-18-15-11-9-10(16)7-8-13(11)19-14-6-4-3-5-12(14)17-15/h3-9H,2H2,1H3. The van der Waals surface area contributed by atoms with Crippen LogP contribution in [0.1, 0.15) is 12.5 Å². The number of halogens is 1. The third-order valence-corrected chi connectivity index (χ3v) is 4.14. The minimum absolute atomic E-state index is 0.581. The van der Waals surface area contributed by atoms with Crippen LogP contribution in [0.25, 0.3) is 0 Å². The van der Waals surface area contributed by atoms with Crippen LogP contribution in [0.15, 0.2) is 57.2 Å². The molecule has 2 aromatic rings. The van der Waals surface area contributed by atoms with E-state index in [0.29, 0.717) is 17.5 Å². The van der Waals surface area contributed by atoms with E-state index < -0.39 is 0 Å². The lowest BCUT2D eigenvalue weighted by molar-refractivity contribution is 0.328. The molecule has 0 aromatic heterocycles. The summed E-state index contributed by atoms with van der Waals surface area (Å²) in [5.41, 5.74) is 1.89. The Hall–Kier alpha value is -1.45. The number of hydrogen-bond acceptors (Lipinski definition) is 3. The summed E-state index contributed by atoms with van der Waals surface area (Å²) in [6.07, 6.45) is 0. The number of hydrogen-bond donors (Lipinski definition) is 0. The number of benzene rings is 2. The van der Waals surface area contributed by atoms with Crippen molar-refractivity contribution in [2.24, 2.45) is 4.99 Å². The Morgan fingerprint density at radius 3 is 2.84 bits per heavy atom. The molecule has 1 aliphatic rings. The lowest BCUT2D eigenvalue weighted by Crippen LogP contribution is -2.06. The van der Waals surface area contributed by atoms with Crippen LogP contribution in [-0.2, 0) is 4.74 Å². The molecule has 0 atom stereocenters. The van der Waals surface area contributed by atoms with E-state index in [1.165, 1.54) is 0 Å². The Balaban J connectivity index is 2.20. The van der Waals surface area contributed by atoms with Gasteiger partial charge in [0.2, 0.25) is 5.90 Å². The molecule has 96 valence electrons. The zero-order valence-corrected chi connectivity index (χ0v) is 12.0. The Bertz CT molecular complexity index is 654. The first-order valence-corrected chi connectivity index (χ1v) is 7.25. The third-order valence-electron chi connectivity index (χ3n) is 2.76. The maximum absolute atomic E-state index is 6.09. The van der Waals surface area contributed by atoms with Crippen molar-refractivity contribution in [3.8, 4) is 0 Å². The van der Waals surface area contributed by atoms with Crippen LogP contribution in [0.2, 0.25) is 5.02 Å². The van der Waals surface area contributed by atoms with Gasteiger partial charge in [0.1, 0.15) is 0 Å². The highest BCUT2D eigenvalue weighted by atomic mass is 35.5. The molecular formula is C15H12ClNOS. The van der Waals surface area contributed by atoms with Crippen molar-refractivity contribution >= 4 is 34.9 Å². The molecule has 19 heavy (non-hydrogen) atoms. The van der Waals surface area contributed by atoms with Gasteiger partial charge in [0.25, 0.3) is 0 Å². The summed E-state index contributed by atoms with van der Waals surface area (Å²) >= 11 is 7.78. The summed E-state index contributed by atoms with van der Waals surface area (Å²) in [5.74, 6) is 0.637. The number of fused-ring (bicyclic) bond motifs is 2. The fraction of sp³-hybridized carbons (Fsp3) is 0.133. The van der Waals surface area contributed by atoms with Crippen molar-refractivity contribution < 1.29 is 4.74 Å². The lowest BCUT2D eigenvalue weighted by atomic mass is 10.2. The van der Waals surface area contributed by atoms with Crippen LogP contribution in [-0.4, -0.2) is 12.5 Å². The van der Waals surface area contributed by atoms with Gasteiger partial charge in [-0.05, 0) is 37.3 Å². The summed E-state index contributed by atoms with van der Waals surface area (Å²) in [4.78, 5) is 6.86. The van der Waals surface area contributed by atoms with Crippen LogP contribution in [0.3, 0.4) is 0 Å². The fourth-order valence-electron chi connectivity index (χ4n) is 1.93. The minimum atomic E-state index is 0.581. The Morgan fingerprint density at radius 2 is 2.00 bits per heavy atom. The molecular weight excluding hydrogens is 278 g/mol. The summed E-state index contributed by atoms with van der Waals surface area (Å²) < 4.78 is 5.68. The molecule has 2 nitrogen and oxygen atoms in total. The highest BCUT2D eigenvalue weighted by Crippen LogP contribution is 2.40. The van der Waals surface area contributed by atoms with E-state index in [4.69, 9.17) is 16.3 Å². The van der Waals surface area contributed by atoms with Gasteiger partial charge in [0.05, 0.1) is 17.9 Å².